The summed E-state index contributed by atoms with van der Waals surface area (Å²) >= 11 is 0. The zero-order valence-electron chi connectivity index (χ0n) is 11.0. The SMILES string of the molecule is C#CCC(N)C(=O)Nc1ccc(OCCC(N)=O)cc1. The van der Waals surface area contributed by atoms with Gasteiger partial charge in [0, 0.05) is 12.1 Å². The van der Waals surface area contributed by atoms with Gasteiger partial charge < -0.3 is 21.5 Å². The Kier molecular flexibility index (Phi) is 6.07. The van der Waals surface area contributed by atoms with E-state index in [1.165, 1.54) is 0 Å². The molecule has 6 nitrogen and oxygen atoms in total. The Balaban J connectivity index is 2.48. The van der Waals surface area contributed by atoms with Gasteiger partial charge in [0.05, 0.1) is 19.1 Å². The number of carbonyl (C=O) groups is 2. The number of carbonyl (C=O) groups excluding carboxylic acids is 2. The minimum Gasteiger partial charge on any atom is -0.493 e. The third kappa shape index (κ3) is 5.42. The Labute approximate surface area is 117 Å². The highest BCUT2D eigenvalue weighted by Crippen LogP contribution is 2.16. The Morgan fingerprint density at radius 1 is 1.35 bits per heavy atom. The molecule has 1 unspecified atom stereocenters. The second-order valence-corrected chi connectivity index (χ2v) is 4.09. The van der Waals surface area contributed by atoms with Gasteiger partial charge in [0.1, 0.15) is 5.75 Å². The third-order valence-electron chi connectivity index (χ3n) is 2.41. The molecule has 0 radical (unpaired) electrons. The van der Waals surface area contributed by atoms with Crippen molar-refractivity contribution in [2.24, 2.45) is 11.5 Å². The minimum absolute atomic E-state index is 0.152. The Morgan fingerprint density at radius 3 is 2.55 bits per heavy atom. The Morgan fingerprint density at radius 2 is 2.00 bits per heavy atom. The molecule has 106 valence electrons. The first kappa shape index (κ1) is 15.5. The molecule has 0 heterocycles. The second kappa shape index (κ2) is 7.81. The fourth-order valence-electron chi connectivity index (χ4n) is 1.36. The molecule has 6 heteroatoms. The van der Waals surface area contributed by atoms with E-state index in [1.54, 1.807) is 24.3 Å². The number of hydrogen-bond acceptors (Lipinski definition) is 4. The van der Waals surface area contributed by atoms with Crippen LogP contribution in [-0.2, 0) is 9.59 Å². The van der Waals surface area contributed by atoms with E-state index < -0.39 is 11.9 Å². The van der Waals surface area contributed by atoms with Crippen LogP contribution in [-0.4, -0.2) is 24.5 Å². The van der Waals surface area contributed by atoms with E-state index in [9.17, 15) is 9.59 Å². The number of nitrogens with one attached hydrogen (secondary N) is 1. The van der Waals surface area contributed by atoms with Gasteiger partial charge in [0.2, 0.25) is 11.8 Å². The Hall–Kier alpha value is -2.52. The number of hydrogen-bond donors (Lipinski definition) is 3. The molecule has 5 N–H and O–H groups in total. The Bertz CT molecular complexity index is 505. The highest BCUT2D eigenvalue weighted by atomic mass is 16.5. The van der Waals surface area contributed by atoms with Crippen LogP contribution in [0.4, 0.5) is 5.69 Å². The highest BCUT2D eigenvalue weighted by Gasteiger charge is 2.11. The van der Waals surface area contributed by atoms with E-state index in [-0.39, 0.29) is 25.4 Å². The van der Waals surface area contributed by atoms with Crippen molar-refractivity contribution in [3.8, 4) is 18.1 Å². The summed E-state index contributed by atoms with van der Waals surface area (Å²) in [7, 11) is 0. The van der Waals surface area contributed by atoms with Crippen LogP contribution in [0.15, 0.2) is 24.3 Å². The number of primary amides is 1. The standard InChI is InChI=1S/C14H17N3O3/c1-2-3-12(15)14(19)17-10-4-6-11(7-5-10)20-9-8-13(16)18/h1,4-7,12H,3,8-9,15H2,(H2,16,18)(H,17,19). The number of ether oxygens (including phenoxy) is 1. The fourth-order valence-corrected chi connectivity index (χ4v) is 1.36. The first-order valence-electron chi connectivity index (χ1n) is 6.04. The van der Waals surface area contributed by atoms with Crippen molar-refractivity contribution in [1.29, 1.82) is 0 Å². The average Bonchev–Trinajstić information content (AvgIpc) is 2.40. The van der Waals surface area contributed by atoms with Gasteiger partial charge in [-0.25, -0.2) is 0 Å². The van der Waals surface area contributed by atoms with E-state index in [4.69, 9.17) is 22.6 Å². The van der Waals surface area contributed by atoms with Crippen molar-refractivity contribution >= 4 is 17.5 Å². The van der Waals surface area contributed by atoms with Gasteiger partial charge in [-0.15, -0.1) is 12.3 Å². The van der Waals surface area contributed by atoms with Gasteiger partial charge in [0.25, 0.3) is 0 Å². The van der Waals surface area contributed by atoms with Crippen LogP contribution >= 0.6 is 0 Å². The lowest BCUT2D eigenvalue weighted by Crippen LogP contribution is -2.35. The summed E-state index contributed by atoms with van der Waals surface area (Å²) in [5.41, 5.74) is 11.2. The van der Waals surface area contributed by atoms with Crippen LogP contribution in [0.25, 0.3) is 0 Å². The summed E-state index contributed by atoms with van der Waals surface area (Å²) in [5, 5.41) is 2.64. The average molecular weight is 275 g/mol. The van der Waals surface area contributed by atoms with Crippen molar-refractivity contribution in [1.82, 2.24) is 0 Å². The van der Waals surface area contributed by atoms with Crippen LogP contribution in [0.3, 0.4) is 0 Å². The van der Waals surface area contributed by atoms with Crippen LogP contribution in [0, 0.1) is 12.3 Å². The fraction of sp³-hybridized carbons (Fsp3) is 0.286. The van der Waals surface area contributed by atoms with Gasteiger partial charge in [0.15, 0.2) is 0 Å². The van der Waals surface area contributed by atoms with Crippen molar-refractivity contribution in [2.75, 3.05) is 11.9 Å². The molecule has 0 saturated carbocycles. The van der Waals surface area contributed by atoms with Gasteiger partial charge in [-0.05, 0) is 24.3 Å². The van der Waals surface area contributed by atoms with E-state index in [1.807, 2.05) is 0 Å². The second-order valence-electron chi connectivity index (χ2n) is 4.09. The monoisotopic (exact) mass is 275 g/mol. The first-order valence-corrected chi connectivity index (χ1v) is 6.04. The molecule has 0 aliphatic carbocycles. The van der Waals surface area contributed by atoms with E-state index in [2.05, 4.69) is 11.2 Å². The molecule has 1 rings (SSSR count). The lowest BCUT2D eigenvalue weighted by molar-refractivity contribution is -0.118. The van der Waals surface area contributed by atoms with E-state index >= 15 is 0 Å². The zero-order chi connectivity index (χ0) is 15.0. The van der Waals surface area contributed by atoms with E-state index in [0.717, 1.165) is 0 Å². The molecule has 2 amide bonds. The summed E-state index contributed by atoms with van der Waals surface area (Å²) < 4.78 is 5.30. The van der Waals surface area contributed by atoms with Crippen LogP contribution in [0.2, 0.25) is 0 Å². The van der Waals surface area contributed by atoms with Gasteiger partial charge in [-0.2, -0.15) is 0 Å². The molecule has 0 bridgehead atoms. The maximum absolute atomic E-state index is 11.6. The predicted octanol–water partition coefficient (Wildman–Crippen LogP) is 0.230. The van der Waals surface area contributed by atoms with Crippen molar-refractivity contribution < 1.29 is 14.3 Å². The summed E-state index contributed by atoms with van der Waals surface area (Å²) in [6.07, 6.45) is 5.42. The molecular formula is C14H17N3O3. The van der Waals surface area contributed by atoms with Crippen LogP contribution in [0.1, 0.15) is 12.8 Å². The smallest absolute Gasteiger partial charge is 0.242 e. The quantitative estimate of drug-likeness (QED) is 0.619. The predicted molar refractivity (Wildman–Crippen MR) is 75.8 cm³/mol. The number of terminal acetylenes is 1. The summed E-state index contributed by atoms with van der Waals surface area (Å²) in [6.45, 7) is 0.216. The highest BCUT2D eigenvalue weighted by molar-refractivity contribution is 5.94. The number of rotatable bonds is 7. The maximum Gasteiger partial charge on any atom is 0.242 e. The van der Waals surface area contributed by atoms with Crippen molar-refractivity contribution in [3.05, 3.63) is 24.3 Å². The number of amides is 2. The maximum atomic E-state index is 11.6. The third-order valence-corrected chi connectivity index (χ3v) is 2.41. The van der Waals surface area contributed by atoms with Crippen LogP contribution < -0.4 is 21.5 Å². The van der Waals surface area contributed by atoms with Crippen LogP contribution in [0.5, 0.6) is 5.75 Å². The van der Waals surface area contributed by atoms with Crippen molar-refractivity contribution in [2.45, 2.75) is 18.9 Å². The largest absolute Gasteiger partial charge is 0.493 e. The van der Waals surface area contributed by atoms with Crippen molar-refractivity contribution in [3.63, 3.8) is 0 Å². The summed E-state index contributed by atoms with van der Waals surface area (Å²) in [5.74, 6) is 2.15. The molecular weight excluding hydrogens is 258 g/mol. The molecule has 0 spiro atoms. The lowest BCUT2D eigenvalue weighted by Gasteiger charge is -2.10. The molecule has 0 fully saturated rings. The lowest BCUT2D eigenvalue weighted by atomic mass is 10.2. The summed E-state index contributed by atoms with van der Waals surface area (Å²) in [6, 6.07) is 5.94. The molecule has 0 saturated heterocycles. The molecule has 0 aliphatic heterocycles. The number of benzene rings is 1. The molecule has 1 atom stereocenters. The molecule has 1 aromatic rings. The van der Waals surface area contributed by atoms with E-state index in [0.29, 0.717) is 11.4 Å². The molecule has 0 aromatic heterocycles. The molecule has 1 aromatic carbocycles. The number of anilines is 1. The van der Waals surface area contributed by atoms with Gasteiger partial charge in [-0.3, -0.25) is 9.59 Å². The van der Waals surface area contributed by atoms with Gasteiger partial charge in [-0.1, -0.05) is 0 Å². The minimum atomic E-state index is -0.730. The van der Waals surface area contributed by atoms with Gasteiger partial charge >= 0.3 is 0 Å². The number of nitrogens with two attached hydrogens (primary N) is 2. The zero-order valence-corrected chi connectivity index (χ0v) is 11.0. The molecule has 20 heavy (non-hydrogen) atoms. The molecule has 0 aliphatic rings. The first-order chi connectivity index (χ1) is 9.52. The topological polar surface area (TPSA) is 107 Å². The normalized spacial score (nSPS) is 11.2. The summed E-state index contributed by atoms with van der Waals surface area (Å²) in [4.78, 5) is 22.2.